The first-order valence-corrected chi connectivity index (χ1v) is 12.6. The zero-order valence-electron chi connectivity index (χ0n) is 17.0. The monoisotopic (exact) mass is 435 g/mol. The molecule has 1 aliphatic rings. The first-order chi connectivity index (χ1) is 14.5. The fourth-order valence-electron chi connectivity index (χ4n) is 3.77. The van der Waals surface area contributed by atoms with Gasteiger partial charge in [0.1, 0.15) is 11.0 Å². The second-order valence-electron chi connectivity index (χ2n) is 7.50. The first kappa shape index (κ1) is 20.7. The lowest BCUT2D eigenvalue weighted by Crippen LogP contribution is -2.29. The van der Waals surface area contributed by atoms with Crippen LogP contribution in [0.1, 0.15) is 31.1 Å². The lowest BCUT2D eigenvalue weighted by atomic mass is 10.0. The quantitative estimate of drug-likeness (QED) is 0.440. The maximum absolute atomic E-state index is 12.3. The molecule has 0 radical (unpaired) electrons. The number of nitriles is 1. The molecule has 1 unspecified atom stereocenters. The Morgan fingerprint density at radius 2 is 1.83 bits per heavy atom. The van der Waals surface area contributed by atoms with Crippen LogP contribution in [0.4, 0.5) is 5.69 Å². The van der Waals surface area contributed by atoms with Crippen LogP contribution in [-0.2, 0) is 9.71 Å². The molecule has 1 saturated heterocycles. The molecule has 3 aromatic rings. The smallest absolute Gasteiger partial charge is 0.123 e. The van der Waals surface area contributed by atoms with E-state index in [0.717, 1.165) is 28.4 Å². The van der Waals surface area contributed by atoms with Gasteiger partial charge >= 0.3 is 0 Å². The Kier molecular flexibility index (Phi) is 5.96. The van der Waals surface area contributed by atoms with Gasteiger partial charge in [-0.25, -0.2) is 4.21 Å². The number of allylic oxidation sites excluding steroid dienone is 1. The van der Waals surface area contributed by atoms with E-state index in [-0.39, 0.29) is 4.91 Å². The van der Waals surface area contributed by atoms with Gasteiger partial charge in [-0.2, -0.15) is 5.26 Å². The Hall–Kier alpha value is -2.59. The molecule has 1 fully saturated rings. The van der Waals surface area contributed by atoms with Gasteiger partial charge in [-0.1, -0.05) is 18.2 Å². The molecule has 30 heavy (non-hydrogen) atoms. The predicted molar refractivity (Wildman–Crippen MR) is 131 cm³/mol. The minimum Gasteiger partial charge on any atom is -0.372 e. The van der Waals surface area contributed by atoms with E-state index in [4.69, 9.17) is 5.14 Å². The molecule has 6 heteroatoms. The Balaban J connectivity index is 1.63. The minimum absolute atomic E-state index is 0.0992. The lowest BCUT2D eigenvalue weighted by Gasteiger charge is -2.29. The van der Waals surface area contributed by atoms with E-state index in [1.54, 1.807) is 24.3 Å². The average Bonchev–Trinajstić information content (AvgIpc) is 3.26. The van der Waals surface area contributed by atoms with Crippen molar-refractivity contribution in [2.45, 2.75) is 26.2 Å². The number of thiophene rings is 1. The second-order valence-corrected chi connectivity index (χ2v) is 10.8. The van der Waals surface area contributed by atoms with E-state index in [1.807, 2.05) is 18.2 Å². The third-order valence-electron chi connectivity index (χ3n) is 5.53. The van der Waals surface area contributed by atoms with Gasteiger partial charge in [0.15, 0.2) is 0 Å². The molecule has 4 rings (SSSR count). The maximum Gasteiger partial charge on any atom is 0.123 e. The van der Waals surface area contributed by atoms with Crippen LogP contribution in [0.5, 0.6) is 0 Å². The van der Waals surface area contributed by atoms with Gasteiger partial charge in [0, 0.05) is 28.5 Å². The second kappa shape index (κ2) is 8.65. The van der Waals surface area contributed by atoms with Crippen LogP contribution in [0, 0.1) is 11.3 Å². The van der Waals surface area contributed by atoms with Crippen LogP contribution >= 0.6 is 11.3 Å². The molecule has 4 nitrogen and oxygen atoms in total. The lowest BCUT2D eigenvalue weighted by molar-refractivity contribution is 0.578. The fraction of sp³-hybridized carbons (Fsp3) is 0.250. The van der Waals surface area contributed by atoms with Crippen LogP contribution in [-0.4, -0.2) is 22.7 Å². The maximum atomic E-state index is 12.3. The van der Waals surface area contributed by atoms with Crippen molar-refractivity contribution in [3.63, 3.8) is 0 Å². The van der Waals surface area contributed by atoms with E-state index in [0.29, 0.717) is 0 Å². The highest BCUT2D eigenvalue weighted by molar-refractivity contribution is 8.03. The summed E-state index contributed by atoms with van der Waals surface area (Å²) in [4.78, 5) is 4.54. The molecule has 0 amide bonds. The Bertz CT molecular complexity index is 1270. The van der Waals surface area contributed by atoms with Crippen molar-refractivity contribution >= 4 is 48.9 Å². The van der Waals surface area contributed by atoms with E-state index in [2.05, 4.69) is 41.3 Å². The fourth-order valence-corrected chi connectivity index (χ4v) is 5.50. The van der Waals surface area contributed by atoms with Gasteiger partial charge in [-0.3, -0.25) is 5.14 Å². The number of hydrogen-bond donors (Lipinski definition) is 1. The summed E-state index contributed by atoms with van der Waals surface area (Å²) in [6, 6.07) is 19.2. The number of nitrogens with zero attached hydrogens (tertiary/aromatic N) is 2. The van der Waals surface area contributed by atoms with Crippen molar-refractivity contribution in [2.75, 3.05) is 18.0 Å². The number of fused-ring (bicyclic) bond motifs is 1. The molecule has 2 heterocycles. The topological polar surface area (TPSA) is 70.1 Å². The summed E-state index contributed by atoms with van der Waals surface area (Å²) in [5.41, 5.74) is 2.44. The normalized spacial score (nSPS) is 16.8. The standard InChI is InChI=1S/C24H25N3OS2/c1-2-30(26,28)23(17-25)16-22-10-11-24(29-22)20-7-6-19-15-21(9-8-18(19)14-20)27-12-4-3-5-13-27/h2,6-11,14-16H,3-5,12-13H2,1H3,(H2,26,28). The van der Waals surface area contributed by atoms with Crippen LogP contribution < -0.4 is 10.0 Å². The molecule has 2 aromatic carbocycles. The highest BCUT2D eigenvalue weighted by Crippen LogP contribution is 2.33. The predicted octanol–water partition coefficient (Wildman–Crippen LogP) is 5.40. The van der Waals surface area contributed by atoms with Gasteiger partial charge in [0.25, 0.3) is 0 Å². The summed E-state index contributed by atoms with van der Waals surface area (Å²) in [7, 11) is -2.88. The highest BCUT2D eigenvalue weighted by Gasteiger charge is 2.12. The summed E-state index contributed by atoms with van der Waals surface area (Å²) in [5.74, 6) is 0. The molecule has 1 aliphatic heterocycles. The summed E-state index contributed by atoms with van der Waals surface area (Å²) >= 11 is 1.56. The van der Waals surface area contributed by atoms with Gasteiger partial charge in [-0.05, 0) is 84.3 Å². The summed E-state index contributed by atoms with van der Waals surface area (Å²) < 4.78 is 12.3. The molecule has 0 aliphatic carbocycles. The van der Waals surface area contributed by atoms with Crippen LogP contribution in [0.25, 0.3) is 27.3 Å². The molecule has 1 aromatic heterocycles. The Morgan fingerprint density at radius 3 is 2.57 bits per heavy atom. The first-order valence-electron chi connectivity index (χ1n) is 10.1. The summed E-state index contributed by atoms with van der Waals surface area (Å²) in [6.45, 7) is 3.90. The van der Waals surface area contributed by atoms with Crippen LogP contribution in [0.3, 0.4) is 0 Å². The summed E-state index contributed by atoms with van der Waals surface area (Å²) in [5, 5.41) is 18.9. The third-order valence-corrected chi connectivity index (χ3v) is 8.21. The summed E-state index contributed by atoms with van der Waals surface area (Å²) in [6.07, 6.45) is 5.51. The molecule has 1 atom stereocenters. The Morgan fingerprint density at radius 1 is 1.10 bits per heavy atom. The average molecular weight is 436 g/mol. The van der Waals surface area contributed by atoms with Crippen molar-refractivity contribution in [2.24, 2.45) is 5.14 Å². The van der Waals surface area contributed by atoms with Gasteiger partial charge in [0.05, 0.1) is 9.71 Å². The van der Waals surface area contributed by atoms with Crippen molar-refractivity contribution in [1.82, 2.24) is 0 Å². The zero-order valence-corrected chi connectivity index (χ0v) is 18.6. The number of rotatable bonds is 4. The zero-order chi connectivity index (χ0) is 21.1. The third kappa shape index (κ3) is 4.29. The van der Waals surface area contributed by atoms with E-state index in [9.17, 15) is 9.47 Å². The van der Waals surface area contributed by atoms with Crippen molar-refractivity contribution < 1.29 is 4.21 Å². The number of piperidine rings is 1. The van der Waals surface area contributed by atoms with Crippen molar-refractivity contribution in [3.8, 4) is 16.5 Å². The Labute approximate surface area is 182 Å². The van der Waals surface area contributed by atoms with E-state index >= 15 is 0 Å². The highest BCUT2D eigenvalue weighted by atomic mass is 32.2. The van der Waals surface area contributed by atoms with Gasteiger partial charge in [-0.15, -0.1) is 11.3 Å². The number of nitrogens with two attached hydrogens (primary N) is 1. The largest absolute Gasteiger partial charge is 0.372 e. The number of hydrogen-bond acceptors (Lipinski definition) is 4. The van der Waals surface area contributed by atoms with E-state index in [1.165, 1.54) is 41.1 Å². The van der Waals surface area contributed by atoms with Crippen LogP contribution in [0.2, 0.25) is 0 Å². The molecule has 0 saturated carbocycles. The van der Waals surface area contributed by atoms with Crippen molar-refractivity contribution in [3.05, 3.63) is 58.3 Å². The minimum atomic E-state index is -2.88. The number of benzene rings is 2. The molecule has 2 N–H and O–H groups in total. The number of anilines is 1. The van der Waals surface area contributed by atoms with Gasteiger partial charge in [0.2, 0.25) is 0 Å². The molecule has 0 spiro atoms. The van der Waals surface area contributed by atoms with Crippen LogP contribution in [0.15, 0.2) is 53.4 Å². The molecular formula is C24H25N3OS2. The van der Waals surface area contributed by atoms with Crippen molar-refractivity contribution in [1.29, 1.82) is 5.26 Å². The van der Waals surface area contributed by atoms with E-state index < -0.39 is 9.71 Å². The van der Waals surface area contributed by atoms with Gasteiger partial charge < -0.3 is 4.90 Å². The molecule has 0 bridgehead atoms. The SMILES string of the molecule is CC=S(N)(=O)C(C#N)=Cc1ccc(-c2ccc3cc(N4CCCCC4)ccc3c2)s1. The molecule has 154 valence electrons. The molecular weight excluding hydrogens is 410 g/mol.